The molecule has 0 aromatic carbocycles. The lowest BCUT2D eigenvalue weighted by Crippen LogP contribution is -2.51. The summed E-state index contributed by atoms with van der Waals surface area (Å²) in [6, 6.07) is 0.481. The molecule has 2 unspecified atom stereocenters. The van der Waals surface area contributed by atoms with E-state index in [-0.39, 0.29) is 18.9 Å². The summed E-state index contributed by atoms with van der Waals surface area (Å²) in [6.45, 7) is 6.28. The van der Waals surface area contributed by atoms with Crippen LogP contribution < -0.4 is 5.32 Å². The highest BCUT2D eigenvalue weighted by atomic mass is 19.3. The quantitative estimate of drug-likeness (QED) is 0.665. The first-order chi connectivity index (χ1) is 10.1. The average molecular weight is 306 g/mol. The van der Waals surface area contributed by atoms with Gasteiger partial charge in [-0.05, 0) is 25.3 Å². The van der Waals surface area contributed by atoms with Crippen molar-refractivity contribution in [3.05, 3.63) is 0 Å². The Morgan fingerprint density at radius 3 is 2.81 bits per heavy atom. The molecule has 0 aromatic rings. The number of likely N-dealkylation sites (tertiary alicyclic amines) is 1. The van der Waals surface area contributed by atoms with Crippen LogP contribution in [0.1, 0.15) is 39.5 Å². The van der Waals surface area contributed by atoms with Crippen molar-refractivity contribution in [1.29, 1.82) is 0 Å². The van der Waals surface area contributed by atoms with E-state index in [1.807, 2.05) is 4.90 Å². The molecule has 0 aliphatic carbocycles. The Bertz CT molecular complexity index is 303. The third-order valence-corrected chi connectivity index (χ3v) is 3.97. The highest BCUT2D eigenvalue weighted by Gasteiger charge is 2.29. The van der Waals surface area contributed by atoms with Gasteiger partial charge in [0.15, 0.2) is 0 Å². The zero-order valence-corrected chi connectivity index (χ0v) is 13.1. The fourth-order valence-corrected chi connectivity index (χ4v) is 2.76. The maximum atomic E-state index is 12.1. The van der Waals surface area contributed by atoms with Crippen molar-refractivity contribution in [2.24, 2.45) is 5.92 Å². The SMILES string of the molecule is CCCNC1CCN(C(=O)CCOCC(F)F)CC1CC. The first kappa shape index (κ1) is 18.3. The number of halogens is 2. The number of ether oxygens (including phenoxy) is 1. The number of alkyl halides is 2. The molecular formula is C15H28F2N2O2. The molecule has 6 heteroatoms. The van der Waals surface area contributed by atoms with Crippen LogP contribution in [0.5, 0.6) is 0 Å². The Balaban J connectivity index is 2.31. The molecule has 1 rings (SSSR count). The van der Waals surface area contributed by atoms with Crippen LogP contribution in [0, 0.1) is 5.92 Å². The maximum absolute atomic E-state index is 12.1. The number of nitrogens with zero attached hydrogens (tertiary/aromatic N) is 1. The van der Waals surface area contributed by atoms with E-state index in [1.165, 1.54) is 0 Å². The van der Waals surface area contributed by atoms with Crippen molar-refractivity contribution < 1.29 is 18.3 Å². The Kier molecular flexibility index (Phi) is 8.76. The molecular weight excluding hydrogens is 278 g/mol. The maximum Gasteiger partial charge on any atom is 0.261 e. The molecule has 1 fully saturated rings. The monoisotopic (exact) mass is 306 g/mol. The standard InChI is InChI=1S/C15H28F2N2O2/c1-3-7-18-13-5-8-19(10-12(13)4-2)15(20)6-9-21-11-14(16)17/h12-14,18H,3-11H2,1-2H3. The predicted molar refractivity (Wildman–Crippen MR) is 78.5 cm³/mol. The molecule has 0 saturated carbocycles. The molecule has 0 spiro atoms. The summed E-state index contributed by atoms with van der Waals surface area (Å²) in [6.07, 6.45) is 0.826. The van der Waals surface area contributed by atoms with Crippen molar-refractivity contribution in [3.8, 4) is 0 Å². The molecule has 1 heterocycles. The highest BCUT2D eigenvalue weighted by Crippen LogP contribution is 2.21. The molecule has 1 N–H and O–H groups in total. The number of amides is 1. The predicted octanol–water partition coefficient (Wildman–Crippen LogP) is 2.28. The first-order valence-electron chi connectivity index (χ1n) is 7.95. The number of hydrogen-bond acceptors (Lipinski definition) is 3. The molecule has 0 aromatic heterocycles. The summed E-state index contributed by atoms with van der Waals surface area (Å²) in [4.78, 5) is 13.9. The second-order valence-corrected chi connectivity index (χ2v) is 5.57. The Hall–Kier alpha value is -0.750. The molecule has 1 aliphatic rings. The summed E-state index contributed by atoms with van der Waals surface area (Å²) < 4.78 is 28.6. The smallest absolute Gasteiger partial charge is 0.261 e. The number of carbonyl (C=O) groups is 1. The molecule has 1 saturated heterocycles. The summed E-state index contributed by atoms with van der Waals surface area (Å²) in [5.74, 6) is 0.480. The fourth-order valence-electron chi connectivity index (χ4n) is 2.76. The van der Waals surface area contributed by atoms with E-state index < -0.39 is 13.0 Å². The van der Waals surface area contributed by atoms with E-state index in [4.69, 9.17) is 4.74 Å². The van der Waals surface area contributed by atoms with Gasteiger partial charge < -0.3 is 15.0 Å². The number of rotatable bonds is 9. The summed E-state index contributed by atoms with van der Waals surface area (Å²) >= 11 is 0. The van der Waals surface area contributed by atoms with Gasteiger partial charge in [-0.3, -0.25) is 4.79 Å². The van der Waals surface area contributed by atoms with Gasteiger partial charge in [0.25, 0.3) is 6.43 Å². The van der Waals surface area contributed by atoms with Crippen molar-refractivity contribution in [2.75, 3.05) is 32.8 Å². The van der Waals surface area contributed by atoms with E-state index in [1.54, 1.807) is 0 Å². The molecule has 21 heavy (non-hydrogen) atoms. The largest absolute Gasteiger partial charge is 0.375 e. The first-order valence-corrected chi connectivity index (χ1v) is 7.95. The average Bonchev–Trinajstić information content (AvgIpc) is 2.48. The minimum absolute atomic E-state index is 0.0108. The van der Waals surface area contributed by atoms with Crippen LogP contribution in [-0.2, 0) is 9.53 Å². The van der Waals surface area contributed by atoms with Crippen molar-refractivity contribution in [3.63, 3.8) is 0 Å². The third kappa shape index (κ3) is 6.70. The summed E-state index contributed by atoms with van der Waals surface area (Å²) in [5, 5.41) is 3.55. The van der Waals surface area contributed by atoms with Crippen molar-refractivity contribution >= 4 is 5.91 Å². The van der Waals surface area contributed by atoms with Crippen LogP contribution in [0.3, 0.4) is 0 Å². The van der Waals surface area contributed by atoms with Gasteiger partial charge in [0.05, 0.1) is 13.0 Å². The van der Waals surface area contributed by atoms with Crippen LogP contribution in [0.2, 0.25) is 0 Å². The minimum Gasteiger partial charge on any atom is -0.375 e. The van der Waals surface area contributed by atoms with Gasteiger partial charge in [0.1, 0.15) is 6.61 Å². The van der Waals surface area contributed by atoms with Crippen LogP contribution in [0.4, 0.5) is 8.78 Å². The van der Waals surface area contributed by atoms with E-state index in [0.717, 1.165) is 38.9 Å². The van der Waals surface area contributed by atoms with E-state index in [0.29, 0.717) is 12.0 Å². The van der Waals surface area contributed by atoms with Crippen molar-refractivity contribution in [1.82, 2.24) is 10.2 Å². The highest BCUT2D eigenvalue weighted by molar-refractivity contribution is 5.76. The van der Waals surface area contributed by atoms with Gasteiger partial charge in [-0.1, -0.05) is 20.3 Å². The summed E-state index contributed by atoms with van der Waals surface area (Å²) in [5.41, 5.74) is 0. The van der Waals surface area contributed by atoms with E-state index in [9.17, 15) is 13.6 Å². The molecule has 0 radical (unpaired) electrons. The second-order valence-electron chi connectivity index (χ2n) is 5.57. The van der Waals surface area contributed by atoms with Gasteiger partial charge in [-0.2, -0.15) is 0 Å². The lowest BCUT2D eigenvalue weighted by atomic mass is 9.89. The van der Waals surface area contributed by atoms with Gasteiger partial charge in [0.2, 0.25) is 5.91 Å². The zero-order valence-electron chi connectivity index (χ0n) is 13.1. The van der Waals surface area contributed by atoms with Crippen LogP contribution in [0.15, 0.2) is 0 Å². The van der Waals surface area contributed by atoms with Crippen LogP contribution in [-0.4, -0.2) is 56.1 Å². The molecule has 4 nitrogen and oxygen atoms in total. The van der Waals surface area contributed by atoms with Gasteiger partial charge in [0, 0.05) is 19.1 Å². The number of nitrogens with one attached hydrogen (secondary N) is 1. The fraction of sp³-hybridized carbons (Fsp3) is 0.933. The lowest BCUT2D eigenvalue weighted by molar-refractivity contribution is -0.135. The van der Waals surface area contributed by atoms with Crippen molar-refractivity contribution in [2.45, 2.75) is 52.0 Å². The molecule has 2 atom stereocenters. The number of hydrogen-bond donors (Lipinski definition) is 1. The molecule has 1 amide bonds. The van der Waals surface area contributed by atoms with E-state index in [2.05, 4.69) is 19.2 Å². The minimum atomic E-state index is -2.47. The van der Waals surface area contributed by atoms with E-state index >= 15 is 0 Å². The number of carbonyl (C=O) groups excluding carboxylic acids is 1. The van der Waals surface area contributed by atoms with Gasteiger partial charge in [-0.15, -0.1) is 0 Å². The zero-order chi connectivity index (χ0) is 15.7. The van der Waals surface area contributed by atoms with Crippen LogP contribution in [0.25, 0.3) is 0 Å². The normalized spacial score (nSPS) is 22.8. The Labute approximate surface area is 126 Å². The van der Waals surface area contributed by atoms with Gasteiger partial charge in [-0.25, -0.2) is 8.78 Å². The Morgan fingerprint density at radius 1 is 1.43 bits per heavy atom. The molecule has 1 aliphatic heterocycles. The number of piperidine rings is 1. The van der Waals surface area contributed by atoms with Gasteiger partial charge >= 0.3 is 0 Å². The third-order valence-electron chi connectivity index (χ3n) is 3.97. The molecule has 0 bridgehead atoms. The lowest BCUT2D eigenvalue weighted by Gasteiger charge is -2.39. The topological polar surface area (TPSA) is 41.6 Å². The Morgan fingerprint density at radius 2 is 2.19 bits per heavy atom. The second kappa shape index (κ2) is 10.1. The van der Waals surface area contributed by atoms with Crippen LogP contribution >= 0.6 is 0 Å². The summed E-state index contributed by atoms with van der Waals surface area (Å²) in [7, 11) is 0. The molecule has 124 valence electrons.